The van der Waals surface area contributed by atoms with E-state index < -0.39 is 0 Å². The van der Waals surface area contributed by atoms with E-state index >= 15 is 0 Å². The van der Waals surface area contributed by atoms with E-state index in [9.17, 15) is 0 Å². The molecule has 0 saturated heterocycles. The Morgan fingerprint density at radius 2 is 1.44 bits per heavy atom. The fraction of sp³-hybridized carbons (Fsp3) is 0.923. The summed E-state index contributed by atoms with van der Waals surface area (Å²) in [4.78, 5) is 2.28. The quantitative estimate of drug-likeness (QED) is 0.455. The number of unbranched alkanes of at least 4 members (excludes halogenated alkanes) is 3. The lowest BCUT2D eigenvalue weighted by Crippen LogP contribution is -2.37. The predicted molar refractivity (Wildman–Crippen MR) is 75.9 cm³/mol. The molecular weight excluding hydrogens is 216 g/mol. The third-order valence-electron chi connectivity index (χ3n) is 2.59. The fourth-order valence-electron chi connectivity index (χ4n) is 1.43. The highest BCUT2D eigenvalue weighted by atomic mass is 32.1. The Hall–Kier alpha value is -0.310. The van der Waals surface area contributed by atoms with E-state index in [1.807, 2.05) is 0 Å². The first-order valence-corrected chi connectivity index (χ1v) is 7.13. The van der Waals surface area contributed by atoms with Gasteiger partial charge >= 0.3 is 0 Å². The fourth-order valence-corrected chi connectivity index (χ4v) is 1.71. The monoisotopic (exact) mass is 243 g/mol. The molecule has 0 rings (SSSR count). The molecule has 0 aliphatic carbocycles. The van der Waals surface area contributed by atoms with Gasteiger partial charge in [-0.15, -0.1) is 0 Å². The highest BCUT2D eigenvalue weighted by Gasteiger charge is 2.08. The summed E-state index contributed by atoms with van der Waals surface area (Å²) in [5.74, 6) is 0. The Balaban J connectivity index is 3.88. The van der Waals surface area contributed by atoms with Gasteiger partial charge in [0.05, 0.1) is 0 Å². The van der Waals surface area contributed by atoms with Crippen molar-refractivity contribution in [3.8, 4) is 0 Å². The predicted octanol–water partition coefficient (Wildman–Crippen LogP) is 3.58. The van der Waals surface area contributed by atoms with Crippen molar-refractivity contribution in [2.75, 3.05) is 19.6 Å². The number of hydrogen-bond donors (Lipinski definition) is 0. The molecule has 0 amide bonds. The standard InChI is InChI=1S/C13H27N2S/c1-4-7-10-14-13(16)15(11-8-5-2)12-9-6-3/h4-12H2,1-3H3. The van der Waals surface area contributed by atoms with E-state index in [4.69, 9.17) is 12.2 Å². The molecule has 0 heterocycles. The molecule has 0 aliphatic rings. The van der Waals surface area contributed by atoms with Gasteiger partial charge in [-0.05, 0) is 31.5 Å². The van der Waals surface area contributed by atoms with E-state index in [0.717, 1.165) is 31.2 Å². The molecule has 3 heteroatoms. The summed E-state index contributed by atoms with van der Waals surface area (Å²) < 4.78 is 0. The van der Waals surface area contributed by atoms with Crippen LogP contribution in [0.1, 0.15) is 59.3 Å². The maximum atomic E-state index is 5.37. The van der Waals surface area contributed by atoms with Crippen molar-refractivity contribution in [1.82, 2.24) is 10.2 Å². The van der Waals surface area contributed by atoms with Crippen LogP contribution in [-0.2, 0) is 0 Å². The first-order chi connectivity index (χ1) is 7.76. The molecule has 0 atom stereocenters. The van der Waals surface area contributed by atoms with Gasteiger partial charge in [0.2, 0.25) is 0 Å². The molecule has 95 valence electrons. The van der Waals surface area contributed by atoms with Crippen molar-refractivity contribution in [1.29, 1.82) is 0 Å². The van der Waals surface area contributed by atoms with Gasteiger partial charge in [0, 0.05) is 19.6 Å². The molecule has 0 bridgehead atoms. The topological polar surface area (TPSA) is 17.3 Å². The van der Waals surface area contributed by atoms with E-state index in [0.29, 0.717) is 0 Å². The molecule has 0 unspecified atom stereocenters. The number of hydrogen-bond acceptors (Lipinski definition) is 1. The lowest BCUT2D eigenvalue weighted by atomic mass is 10.3. The van der Waals surface area contributed by atoms with Crippen LogP contribution in [0.25, 0.3) is 0 Å². The van der Waals surface area contributed by atoms with Crippen molar-refractivity contribution >= 4 is 17.3 Å². The maximum Gasteiger partial charge on any atom is 0.190 e. The molecule has 2 nitrogen and oxygen atoms in total. The second-order valence-corrected chi connectivity index (χ2v) is 4.58. The zero-order chi connectivity index (χ0) is 12.2. The van der Waals surface area contributed by atoms with Crippen LogP contribution >= 0.6 is 12.2 Å². The van der Waals surface area contributed by atoms with Gasteiger partial charge in [0.1, 0.15) is 0 Å². The van der Waals surface area contributed by atoms with Crippen LogP contribution in [0.3, 0.4) is 0 Å². The molecule has 0 fully saturated rings. The third kappa shape index (κ3) is 7.91. The first-order valence-electron chi connectivity index (χ1n) is 6.72. The van der Waals surface area contributed by atoms with Gasteiger partial charge in [-0.25, -0.2) is 0 Å². The number of rotatable bonds is 9. The van der Waals surface area contributed by atoms with Crippen molar-refractivity contribution in [3.63, 3.8) is 0 Å². The molecule has 1 radical (unpaired) electrons. The Morgan fingerprint density at radius 3 is 1.88 bits per heavy atom. The SMILES string of the molecule is CCCC[N]C(=S)N(CCCC)CCCC. The van der Waals surface area contributed by atoms with Gasteiger partial charge in [0.15, 0.2) is 5.11 Å². The molecule has 0 aromatic heterocycles. The number of nitrogens with zero attached hydrogens (tertiary/aromatic N) is 2. The second kappa shape index (κ2) is 11.2. The minimum atomic E-state index is 0.829. The number of thiocarbonyl (C=S) groups is 1. The van der Waals surface area contributed by atoms with E-state index in [1.165, 1.54) is 32.1 Å². The lowest BCUT2D eigenvalue weighted by molar-refractivity contribution is 0.391. The van der Waals surface area contributed by atoms with Crippen LogP contribution in [0.15, 0.2) is 0 Å². The zero-order valence-electron chi connectivity index (χ0n) is 11.2. The Labute approximate surface area is 107 Å². The molecule has 0 aliphatic heterocycles. The molecule has 0 aromatic carbocycles. The normalized spacial score (nSPS) is 10.2. The minimum Gasteiger partial charge on any atom is -0.348 e. The van der Waals surface area contributed by atoms with Crippen LogP contribution in [0.2, 0.25) is 0 Å². The van der Waals surface area contributed by atoms with Crippen LogP contribution in [0, 0.1) is 0 Å². The van der Waals surface area contributed by atoms with Gasteiger partial charge in [0.25, 0.3) is 0 Å². The van der Waals surface area contributed by atoms with E-state index in [-0.39, 0.29) is 0 Å². The maximum absolute atomic E-state index is 5.37. The molecule has 0 spiro atoms. The van der Waals surface area contributed by atoms with E-state index in [1.54, 1.807) is 0 Å². The van der Waals surface area contributed by atoms with Gasteiger partial charge in [-0.3, -0.25) is 5.32 Å². The summed E-state index contributed by atoms with van der Waals surface area (Å²) in [5, 5.41) is 5.31. The highest BCUT2D eigenvalue weighted by molar-refractivity contribution is 7.80. The largest absolute Gasteiger partial charge is 0.348 e. The summed E-state index contributed by atoms with van der Waals surface area (Å²) in [6.45, 7) is 9.66. The molecule has 0 aromatic rings. The minimum absolute atomic E-state index is 0.829. The Bertz CT molecular complexity index is 163. The van der Waals surface area contributed by atoms with Crippen molar-refractivity contribution < 1.29 is 0 Å². The summed E-state index contributed by atoms with van der Waals surface area (Å²) >= 11 is 5.37. The Kier molecular flexibility index (Phi) is 11.0. The zero-order valence-corrected chi connectivity index (χ0v) is 12.0. The first kappa shape index (κ1) is 15.7. The second-order valence-electron chi connectivity index (χ2n) is 4.21. The molecule has 0 N–H and O–H groups in total. The molecule has 16 heavy (non-hydrogen) atoms. The summed E-state index contributed by atoms with van der Waals surface area (Å²) in [7, 11) is 0. The summed E-state index contributed by atoms with van der Waals surface area (Å²) in [6.07, 6.45) is 7.21. The lowest BCUT2D eigenvalue weighted by Gasteiger charge is -2.24. The highest BCUT2D eigenvalue weighted by Crippen LogP contribution is 2.01. The molecule has 0 saturated carbocycles. The summed E-state index contributed by atoms with van der Waals surface area (Å²) in [5.41, 5.74) is 0. The van der Waals surface area contributed by atoms with Crippen LogP contribution < -0.4 is 5.32 Å². The van der Waals surface area contributed by atoms with Gasteiger partial charge in [-0.2, -0.15) is 0 Å². The Morgan fingerprint density at radius 1 is 0.938 bits per heavy atom. The average molecular weight is 243 g/mol. The smallest absolute Gasteiger partial charge is 0.190 e. The van der Waals surface area contributed by atoms with Crippen LogP contribution in [-0.4, -0.2) is 29.6 Å². The van der Waals surface area contributed by atoms with Crippen LogP contribution in [0.4, 0.5) is 0 Å². The van der Waals surface area contributed by atoms with E-state index in [2.05, 4.69) is 31.0 Å². The third-order valence-corrected chi connectivity index (χ3v) is 2.98. The summed E-state index contributed by atoms with van der Waals surface area (Å²) in [6, 6.07) is 0. The van der Waals surface area contributed by atoms with Crippen LogP contribution in [0.5, 0.6) is 0 Å². The van der Waals surface area contributed by atoms with Crippen molar-refractivity contribution in [2.24, 2.45) is 0 Å². The van der Waals surface area contributed by atoms with Crippen molar-refractivity contribution in [2.45, 2.75) is 59.3 Å². The van der Waals surface area contributed by atoms with Gasteiger partial charge in [-0.1, -0.05) is 40.0 Å². The van der Waals surface area contributed by atoms with Crippen molar-refractivity contribution in [3.05, 3.63) is 0 Å². The average Bonchev–Trinajstić information content (AvgIpc) is 2.29. The van der Waals surface area contributed by atoms with Gasteiger partial charge < -0.3 is 4.90 Å². The molecular formula is C13H27N2S.